The van der Waals surface area contributed by atoms with Crippen molar-refractivity contribution in [1.29, 1.82) is 0 Å². The van der Waals surface area contributed by atoms with Gasteiger partial charge in [-0.2, -0.15) is 9.97 Å². The molecule has 6 nitrogen and oxygen atoms in total. The monoisotopic (exact) mass is 317 g/mol. The topological polar surface area (TPSA) is 85.4 Å². The van der Waals surface area contributed by atoms with Crippen molar-refractivity contribution in [3.05, 3.63) is 65.7 Å². The number of nitrogens with one attached hydrogen (secondary N) is 1. The largest absolute Gasteiger partial charge is 0.479 e. The van der Waals surface area contributed by atoms with E-state index in [2.05, 4.69) is 15.3 Å². The van der Waals surface area contributed by atoms with Gasteiger partial charge in [0.05, 0.1) is 12.8 Å². The molecule has 6 heteroatoms. The van der Waals surface area contributed by atoms with Crippen LogP contribution in [0.3, 0.4) is 0 Å². The molecule has 1 aliphatic heterocycles. The molecule has 0 fully saturated rings. The zero-order chi connectivity index (χ0) is 16.5. The van der Waals surface area contributed by atoms with Crippen molar-refractivity contribution >= 4 is 28.9 Å². The number of para-hydroxylation sites is 1. The maximum atomic E-state index is 5.78. The summed E-state index contributed by atoms with van der Waals surface area (Å²) in [6.07, 6.45) is 0. The lowest BCUT2D eigenvalue weighted by atomic mass is 10.0. The van der Waals surface area contributed by atoms with Crippen LogP contribution >= 0.6 is 0 Å². The zero-order valence-electron chi connectivity index (χ0n) is 13.0. The normalized spacial score (nSPS) is 12.3. The molecule has 1 aliphatic rings. The molecule has 2 aromatic carbocycles. The molecule has 1 aromatic heterocycles. The molecule has 0 spiro atoms. The molecule has 4 rings (SSSR count). The van der Waals surface area contributed by atoms with Gasteiger partial charge in [-0.25, -0.2) is 4.99 Å². The molecule has 0 saturated heterocycles. The number of hydrogen-bond donors (Lipinski definition) is 2. The van der Waals surface area contributed by atoms with Crippen LogP contribution in [0.1, 0.15) is 11.1 Å². The highest BCUT2D eigenvalue weighted by molar-refractivity contribution is 6.18. The molecular formula is C18H15N5O. The summed E-state index contributed by atoms with van der Waals surface area (Å²) >= 11 is 0. The van der Waals surface area contributed by atoms with Gasteiger partial charge in [0, 0.05) is 16.8 Å². The average Bonchev–Trinajstić information content (AvgIpc) is 2.78. The van der Waals surface area contributed by atoms with E-state index in [4.69, 9.17) is 15.5 Å². The maximum Gasteiger partial charge on any atom is 0.246 e. The molecular weight excluding hydrogens is 302 g/mol. The fourth-order valence-electron chi connectivity index (χ4n) is 2.70. The zero-order valence-corrected chi connectivity index (χ0v) is 13.0. The summed E-state index contributed by atoms with van der Waals surface area (Å²) in [5, 5.41) is 3.29. The Balaban J connectivity index is 2.03. The molecule has 3 N–H and O–H groups in total. The number of nitrogen functional groups attached to an aromatic ring is 1. The van der Waals surface area contributed by atoms with Crippen LogP contribution in [-0.4, -0.2) is 22.8 Å². The van der Waals surface area contributed by atoms with Gasteiger partial charge >= 0.3 is 0 Å². The lowest BCUT2D eigenvalue weighted by Crippen LogP contribution is -2.04. The van der Waals surface area contributed by atoms with Gasteiger partial charge < -0.3 is 15.8 Å². The molecule has 118 valence electrons. The molecule has 0 bridgehead atoms. The van der Waals surface area contributed by atoms with E-state index in [0.29, 0.717) is 17.4 Å². The third kappa shape index (κ3) is 2.34. The van der Waals surface area contributed by atoms with E-state index in [-0.39, 0.29) is 5.95 Å². The number of aromatic nitrogens is 2. The van der Waals surface area contributed by atoms with Gasteiger partial charge in [0.1, 0.15) is 0 Å². The Morgan fingerprint density at radius 3 is 2.50 bits per heavy atom. The fraction of sp³-hybridized carbons (Fsp3) is 0.0556. The maximum absolute atomic E-state index is 5.78. The molecule has 0 saturated carbocycles. The number of nitrogens with two attached hydrogens (primary N) is 1. The smallest absolute Gasteiger partial charge is 0.246 e. The van der Waals surface area contributed by atoms with Crippen LogP contribution in [0.4, 0.5) is 23.1 Å². The van der Waals surface area contributed by atoms with E-state index in [1.807, 2.05) is 54.6 Å². The van der Waals surface area contributed by atoms with E-state index in [9.17, 15) is 0 Å². The van der Waals surface area contributed by atoms with Gasteiger partial charge in [-0.05, 0) is 6.07 Å². The Bertz CT molecular complexity index is 937. The van der Waals surface area contributed by atoms with Crippen LogP contribution in [0.2, 0.25) is 0 Å². The van der Waals surface area contributed by atoms with Gasteiger partial charge in [-0.15, -0.1) is 0 Å². The summed E-state index contributed by atoms with van der Waals surface area (Å²) < 4.78 is 5.35. The van der Waals surface area contributed by atoms with Crippen molar-refractivity contribution < 1.29 is 4.74 Å². The van der Waals surface area contributed by atoms with Crippen LogP contribution < -0.4 is 15.8 Å². The molecule has 0 radical (unpaired) electrons. The number of ether oxygens (including phenoxy) is 1. The molecule has 0 aliphatic carbocycles. The fourth-order valence-corrected chi connectivity index (χ4v) is 2.70. The van der Waals surface area contributed by atoms with E-state index < -0.39 is 0 Å². The third-order valence-electron chi connectivity index (χ3n) is 3.77. The van der Waals surface area contributed by atoms with Crippen molar-refractivity contribution in [3.63, 3.8) is 0 Å². The van der Waals surface area contributed by atoms with Crippen LogP contribution in [0.25, 0.3) is 0 Å². The minimum absolute atomic E-state index is 0.133. The first-order valence-electron chi connectivity index (χ1n) is 7.48. The Kier molecular flexibility index (Phi) is 3.35. The third-order valence-corrected chi connectivity index (χ3v) is 3.77. The quantitative estimate of drug-likeness (QED) is 0.592. The van der Waals surface area contributed by atoms with Gasteiger partial charge in [0.25, 0.3) is 0 Å². The van der Waals surface area contributed by atoms with Crippen molar-refractivity contribution in [1.82, 2.24) is 9.97 Å². The second kappa shape index (κ2) is 5.66. The minimum Gasteiger partial charge on any atom is -0.479 e. The predicted octanol–water partition coefficient (Wildman–Crippen LogP) is 3.29. The number of nitrogens with zero attached hydrogens (tertiary/aromatic N) is 3. The summed E-state index contributed by atoms with van der Waals surface area (Å²) in [6.45, 7) is 0. The van der Waals surface area contributed by atoms with Gasteiger partial charge in [-0.1, -0.05) is 48.5 Å². The van der Waals surface area contributed by atoms with E-state index in [0.717, 1.165) is 22.5 Å². The number of rotatable bonds is 2. The lowest BCUT2D eigenvalue weighted by Gasteiger charge is -2.10. The molecule has 0 amide bonds. The molecule has 24 heavy (non-hydrogen) atoms. The number of fused-ring (bicyclic) bond motifs is 2. The van der Waals surface area contributed by atoms with Gasteiger partial charge in [-0.3, -0.25) is 0 Å². The van der Waals surface area contributed by atoms with Crippen LogP contribution in [0.5, 0.6) is 5.88 Å². The number of anilines is 3. The Morgan fingerprint density at radius 2 is 1.71 bits per heavy atom. The Morgan fingerprint density at radius 1 is 0.958 bits per heavy atom. The summed E-state index contributed by atoms with van der Waals surface area (Å²) in [6, 6.07) is 17.9. The molecule has 2 heterocycles. The second-order valence-electron chi connectivity index (χ2n) is 5.29. The first-order valence-corrected chi connectivity index (χ1v) is 7.48. The molecule has 3 aromatic rings. The Hall–Kier alpha value is -3.41. The van der Waals surface area contributed by atoms with Crippen LogP contribution in [0, 0.1) is 0 Å². The SMILES string of the molecule is COc1nc(N)nc2c1N=C(c1ccccc1)c1ccccc1N2. The van der Waals surface area contributed by atoms with Crippen LogP contribution in [-0.2, 0) is 0 Å². The standard InChI is InChI=1S/C18H15N5O/c1-24-17-15-16(22-18(19)23-17)20-13-10-6-5-9-12(13)14(21-15)11-7-3-2-4-8-11/h2-10H,1H3,(H3,19,20,22,23). The summed E-state index contributed by atoms with van der Waals surface area (Å²) in [7, 11) is 1.54. The average molecular weight is 317 g/mol. The van der Waals surface area contributed by atoms with Gasteiger partial charge in [0.15, 0.2) is 11.5 Å². The number of hydrogen-bond acceptors (Lipinski definition) is 6. The van der Waals surface area contributed by atoms with E-state index in [1.165, 1.54) is 7.11 Å². The van der Waals surface area contributed by atoms with Crippen molar-refractivity contribution in [2.45, 2.75) is 0 Å². The van der Waals surface area contributed by atoms with E-state index >= 15 is 0 Å². The lowest BCUT2D eigenvalue weighted by molar-refractivity contribution is 0.399. The van der Waals surface area contributed by atoms with Crippen molar-refractivity contribution in [2.75, 3.05) is 18.2 Å². The Labute approximate surface area is 139 Å². The van der Waals surface area contributed by atoms with Crippen LogP contribution in [0.15, 0.2) is 59.6 Å². The number of methoxy groups -OCH3 is 1. The highest BCUT2D eigenvalue weighted by atomic mass is 16.5. The summed E-state index contributed by atoms with van der Waals surface area (Å²) in [4.78, 5) is 13.2. The summed E-state index contributed by atoms with van der Waals surface area (Å²) in [5.74, 6) is 0.998. The second-order valence-corrected chi connectivity index (χ2v) is 5.29. The summed E-state index contributed by atoms with van der Waals surface area (Å²) in [5.41, 5.74) is 10.0. The van der Waals surface area contributed by atoms with Crippen molar-refractivity contribution in [2.24, 2.45) is 4.99 Å². The first-order chi connectivity index (χ1) is 11.8. The number of aliphatic imine (C=N–C) groups is 1. The predicted molar refractivity (Wildman–Crippen MR) is 94.5 cm³/mol. The minimum atomic E-state index is 0.133. The van der Waals surface area contributed by atoms with E-state index in [1.54, 1.807) is 0 Å². The molecule has 0 unspecified atom stereocenters. The highest BCUT2D eigenvalue weighted by Gasteiger charge is 2.22. The van der Waals surface area contributed by atoms with Gasteiger partial charge in [0.2, 0.25) is 11.8 Å². The number of benzene rings is 2. The first kappa shape index (κ1) is 14.2. The highest BCUT2D eigenvalue weighted by Crippen LogP contribution is 2.39. The van der Waals surface area contributed by atoms with Crippen molar-refractivity contribution in [3.8, 4) is 5.88 Å². The molecule has 0 atom stereocenters.